The van der Waals surface area contributed by atoms with Gasteiger partial charge in [0.2, 0.25) is 10.0 Å². The van der Waals surface area contributed by atoms with E-state index in [1.807, 2.05) is 19.1 Å². The number of nitrogens with one attached hydrogen (secondary N) is 2. The first-order chi connectivity index (χ1) is 13.4. The van der Waals surface area contributed by atoms with Crippen molar-refractivity contribution < 1.29 is 8.42 Å². The quantitative estimate of drug-likeness (QED) is 0.351. The fourth-order valence-corrected chi connectivity index (χ4v) is 4.13. The molecule has 0 aromatic carbocycles. The molecular weight excluding hydrogens is 400 g/mol. The summed E-state index contributed by atoms with van der Waals surface area (Å²) in [7, 11) is -1.52. The monoisotopic (exact) mass is 430 g/mol. The van der Waals surface area contributed by atoms with Gasteiger partial charge in [0.15, 0.2) is 5.96 Å². The zero-order valence-electron chi connectivity index (χ0n) is 16.9. The first-order valence-corrected chi connectivity index (χ1v) is 11.7. The Hall–Kier alpha value is -1.58. The molecule has 0 radical (unpaired) electrons. The lowest BCUT2D eigenvalue weighted by atomic mass is 10.3. The summed E-state index contributed by atoms with van der Waals surface area (Å²) in [5.41, 5.74) is 0. The zero-order valence-corrected chi connectivity index (χ0v) is 18.4. The van der Waals surface area contributed by atoms with Gasteiger partial charge < -0.3 is 15.5 Å². The number of guanidine groups is 1. The van der Waals surface area contributed by atoms with Crippen LogP contribution in [0.2, 0.25) is 5.02 Å². The Kier molecular flexibility index (Phi) is 8.78. The van der Waals surface area contributed by atoms with Gasteiger partial charge in [-0.25, -0.2) is 17.7 Å². The first-order valence-electron chi connectivity index (χ1n) is 9.71. The molecular formula is C18H31ClN6O2S. The Balaban J connectivity index is 1.85. The van der Waals surface area contributed by atoms with Crippen molar-refractivity contribution in [2.45, 2.75) is 32.7 Å². The summed E-state index contributed by atoms with van der Waals surface area (Å²) < 4.78 is 25.0. The van der Waals surface area contributed by atoms with Gasteiger partial charge in [0, 0.05) is 52.0 Å². The largest absolute Gasteiger partial charge is 0.357 e. The molecule has 1 aliphatic rings. The van der Waals surface area contributed by atoms with E-state index in [0.717, 1.165) is 37.8 Å². The first kappa shape index (κ1) is 22.7. The Morgan fingerprint density at radius 1 is 1.46 bits per heavy atom. The van der Waals surface area contributed by atoms with Gasteiger partial charge >= 0.3 is 0 Å². The smallest absolute Gasteiger partial charge is 0.213 e. The lowest BCUT2D eigenvalue weighted by Crippen LogP contribution is -2.44. The molecule has 0 bridgehead atoms. The molecule has 8 nitrogen and oxygen atoms in total. The number of sulfonamides is 1. The molecule has 1 unspecified atom stereocenters. The number of nitrogens with zero attached hydrogens (tertiary/aromatic N) is 4. The van der Waals surface area contributed by atoms with E-state index in [0.29, 0.717) is 24.5 Å². The zero-order chi connectivity index (χ0) is 20.6. The number of hydrogen-bond acceptors (Lipinski definition) is 5. The maximum atomic E-state index is 11.8. The van der Waals surface area contributed by atoms with Crippen molar-refractivity contribution >= 4 is 33.4 Å². The minimum absolute atomic E-state index is 0.120. The van der Waals surface area contributed by atoms with Crippen LogP contribution in [0.3, 0.4) is 0 Å². The maximum Gasteiger partial charge on any atom is 0.213 e. The SMILES string of the molecule is CCNC(=NCCCN(C)S(=O)(=O)CC)NC1CCN(c2ncccc2Cl)C1. The van der Waals surface area contributed by atoms with Crippen LogP contribution >= 0.6 is 11.6 Å². The standard InChI is InChI=1S/C18H31ClN6O2S/c1-4-20-18(22-11-7-12-24(3)28(26,27)5-2)23-15-9-13-25(14-15)17-16(19)8-6-10-21-17/h6,8,10,15H,4-5,7,9,11-14H2,1-3H3,(H2,20,22,23). The lowest BCUT2D eigenvalue weighted by molar-refractivity contribution is 0.464. The molecule has 1 saturated heterocycles. The highest BCUT2D eigenvalue weighted by Gasteiger charge is 2.25. The van der Waals surface area contributed by atoms with Crippen LogP contribution in [0.15, 0.2) is 23.3 Å². The molecule has 158 valence electrons. The second-order valence-electron chi connectivity index (χ2n) is 6.72. The van der Waals surface area contributed by atoms with Crippen LogP contribution < -0.4 is 15.5 Å². The van der Waals surface area contributed by atoms with Crippen LogP contribution in [-0.2, 0) is 10.0 Å². The third-order valence-corrected chi connectivity index (χ3v) is 6.81. The number of pyridine rings is 1. The number of hydrogen-bond donors (Lipinski definition) is 2. The molecule has 1 atom stereocenters. The van der Waals surface area contributed by atoms with Gasteiger partial charge in [-0.1, -0.05) is 11.6 Å². The van der Waals surface area contributed by atoms with Crippen molar-refractivity contribution in [3.63, 3.8) is 0 Å². The van der Waals surface area contributed by atoms with Crippen molar-refractivity contribution in [1.29, 1.82) is 0 Å². The highest BCUT2D eigenvalue weighted by Crippen LogP contribution is 2.25. The summed E-state index contributed by atoms with van der Waals surface area (Å²) in [6.45, 7) is 7.15. The molecule has 2 rings (SSSR count). The number of rotatable bonds is 9. The van der Waals surface area contributed by atoms with E-state index < -0.39 is 10.0 Å². The molecule has 0 saturated carbocycles. The molecule has 0 spiro atoms. The number of aromatic nitrogens is 1. The van der Waals surface area contributed by atoms with E-state index >= 15 is 0 Å². The topological polar surface area (TPSA) is 89.9 Å². The van der Waals surface area contributed by atoms with Gasteiger partial charge in [-0.2, -0.15) is 0 Å². The van der Waals surface area contributed by atoms with Crippen LogP contribution in [-0.4, -0.2) is 75.2 Å². The molecule has 28 heavy (non-hydrogen) atoms. The predicted molar refractivity (Wildman–Crippen MR) is 116 cm³/mol. The molecule has 0 aliphatic carbocycles. The second kappa shape index (κ2) is 10.8. The Morgan fingerprint density at radius 2 is 2.25 bits per heavy atom. The molecule has 1 aromatic heterocycles. The van der Waals surface area contributed by atoms with E-state index in [-0.39, 0.29) is 11.8 Å². The van der Waals surface area contributed by atoms with Crippen LogP contribution in [0, 0.1) is 0 Å². The highest BCUT2D eigenvalue weighted by molar-refractivity contribution is 7.89. The van der Waals surface area contributed by atoms with Crippen LogP contribution in [0.5, 0.6) is 0 Å². The summed E-state index contributed by atoms with van der Waals surface area (Å²) in [5.74, 6) is 1.69. The number of anilines is 1. The van der Waals surface area contributed by atoms with E-state index in [1.165, 1.54) is 4.31 Å². The van der Waals surface area contributed by atoms with Crippen LogP contribution in [0.1, 0.15) is 26.7 Å². The van der Waals surface area contributed by atoms with Crippen molar-refractivity contribution in [1.82, 2.24) is 19.9 Å². The van der Waals surface area contributed by atoms with E-state index in [9.17, 15) is 8.42 Å². The summed E-state index contributed by atoms with van der Waals surface area (Å²) in [6.07, 6.45) is 3.39. The van der Waals surface area contributed by atoms with Gasteiger partial charge in [-0.3, -0.25) is 4.99 Å². The fraction of sp³-hybridized carbons (Fsp3) is 0.667. The average molecular weight is 431 g/mol. The van der Waals surface area contributed by atoms with Crippen molar-refractivity contribution in [3.05, 3.63) is 23.4 Å². The van der Waals surface area contributed by atoms with Gasteiger partial charge in [0.1, 0.15) is 5.82 Å². The predicted octanol–water partition coefficient (Wildman–Crippen LogP) is 1.54. The molecule has 0 amide bonds. The summed E-state index contributed by atoms with van der Waals surface area (Å²) in [4.78, 5) is 11.1. The van der Waals surface area contributed by atoms with Gasteiger partial charge in [0.05, 0.1) is 10.8 Å². The summed E-state index contributed by atoms with van der Waals surface area (Å²) in [6, 6.07) is 3.93. The van der Waals surface area contributed by atoms with Gasteiger partial charge in [0.25, 0.3) is 0 Å². The molecule has 2 heterocycles. The minimum Gasteiger partial charge on any atom is -0.357 e. The van der Waals surface area contributed by atoms with Crippen molar-refractivity contribution in [2.75, 3.05) is 50.4 Å². The molecule has 1 aliphatic heterocycles. The number of aliphatic imine (C=N–C) groups is 1. The van der Waals surface area contributed by atoms with Crippen LogP contribution in [0.4, 0.5) is 5.82 Å². The Labute approximate surface area is 173 Å². The number of halogens is 1. The highest BCUT2D eigenvalue weighted by atomic mass is 35.5. The normalized spacial score (nSPS) is 18.0. The van der Waals surface area contributed by atoms with E-state index in [4.69, 9.17) is 11.6 Å². The molecule has 2 N–H and O–H groups in total. The summed E-state index contributed by atoms with van der Waals surface area (Å²) >= 11 is 6.25. The molecule has 1 fully saturated rings. The Morgan fingerprint density at radius 3 is 2.93 bits per heavy atom. The maximum absolute atomic E-state index is 11.8. The van der Waals surface area contributed by atoms with E-state index in [2.05, 4.69) is 25.5 Å². The Bertz CT molecular complexity index is 758. The van der Waals surface area contributed by atoms with Gasteiger partial charge in [-0.15, -0.1) is 0 Å². The second-order valence-corrected chi connectivity index (χ2v) is 9.49. The van der Waals surface area contributed by atoms with Crippen molar-refractivity contribution in [3.8, 4) is 0 Å². The minimum atomic E-state index is -3.13. The summed E-state index contributed by atoms with van der Waals surface area (Å²) in [5, 5.41) is 7.37. The third kappa shape index (κ3) is 6.49. The molecule has 1 aromatic rings. The van der Waals surface area contributed by atoms with Crippen molar-refractivity contribution in [2.24, 2.45) is 4.99 Å². The fourth-order valence-electron chi connectivity index (χ4n) is 3.04. The van der Waals surface area contributed by atoms with Crippen LogP contribution in [0.25, 0.3) is 0 Å². The average Bonchev–Trinajstić information content (AvgIpc) is 3.13. The van der Waals surface area contributed by atoms with E-state index in [1.54, 1.807) is 20.2 Å². The van der Waals surface area contributed by atoms with Gasteiger partial charge in [-0.05, 0) is 38.8 Å². The lowest BCUT2D eigenvalue weighted by Gasteiger charge is -2.20. The molecule has 10 heteroatoms. The third-order valence-electron chi connectivity index (χ3n) is 4.65.